The van der Waals surface area contributed by atoms with Crippen LogP contribution in [0.2, 0.25) is 5.02 Å². The van der Waals surface area contributed by atoms with Crippen molar-refractivity contribution >= 4 is 23.4 Å². The van der Waals surface area contributed by atoms with Gasteiger partial charge < -0.3 is 10.2 Å². The van der Waals surface area contributed by atoms with Crippen molar-refractivity contribution in [3.05, 3.63) is 34.6 Å². The molecule has 1 aliphatic rings. The predicted octanol–water partition coefficient (Wildman–Crippen LogP) is 3.00. The van der Waals surface area contributed by atoms with E-state index < -0.39 is 5.82 Å². The van der Waals surface area contributed by atoms with Crippen molar-refractivity contribution in [3.8, 4) is 0 Å². The number of piperidine rings is 1. The minimum absolute atomic E-state index is 0.0458. The number of rotatable bonds is 4. The first-order valence-electron chi connectivity index (χ1n) is 7.55. The number of nitrogens with one attached hydrogen (secondary N) is 1. The van der Waals surface area contributed by atoms with E-state index in [4.69, 9.17) is 11.6 Å². The molecule has 0 aliphatic carbocycles. The number of benzene rings is 1. The molecule has 0 atom stereocenters. The smallest absolute Gasteiger partial charge is 0.258 e. The van der Waals surface area contributed by atoms with Crippen molar-refractivity contribution in [1.82, 2.24) is 10.2 Å². The summed E-state index contributed by atoms with van der Waals surface area (Å²) in [4.78, 5) is 25.6. The highest BCUT2D eigenvalue weighted by Gasteiger charge is 2.27. The molecule has 0 saturated carbocycles. The molecule has 1 heterocycles. The molecule has 0 spiro atoms. The zero-order valence-corrected chi connectivity index (χ0v) is 13.3. The summed E-state index contributed by atoms with van der Waals surface area (Å²) >= 11 is 5.93. The van der Waals surface area contributed by atoms with Crippen molar-refractivity contribution in [1.29, 1.82) is 0 Å². The van der Waals surface area contributed by atoms with Crippen LogP contribution in [0.5, 0.6) is 0 Å². The minimum atomic E-state index is -0.601. The second kappa shape index (κ2) is 7.58. The van der Waals surface area contributed by atoms with Crippen LogP contribution >= 0.6 is 11.6 Å². The largest absolute Gasteiger partial charge is 0.353 e. The molecule has 120 valence electrons. The molecule has 0 bridgehead atoms. The van der Waals surface area contributed by atoms with Gasteiger partial charge in [0.15, 0.2) is 0 Å². The van der Waals surface area contributed by atoms with Crippen molar-refractivity contribution in [2.24, 2.45) is 0 Å². The quantitative estimate of drug-likeness (QED) is 0.924. The van der Waals surface area contributed by atoms with E-state index in [1.807, 2.05) is 6.92 Å². The van der Waals surface area contributed by atoms with Crippen molar-refractivity contribution in [2.45, 2.75) is 38.6 Å². The average Bonchev–Trinajstić information content (AvgIpc) is 2.48. The zero-order chi connectivity index (χ0) is 16.1. The average molecular weight is 327 g/mol. The summed E-state index contributed by atoms with van der Waals surface area (Å²) in [7, 11) is 0. The first kappa shape index (κ1) is 16.7. The number of amides is 2. The molecule has 1 saturated heterocycles. The maximum atomic E-state index is 13.8. The molecule has 2 rings (SSSR count). The van der Waals surface area contributed by atoms with E-state index >= 15 is 0 Å². The summed E-state index contributed by atoms with van der Waals surface area (Å²) in [6, 6.07) is 4.30. The lowest BCUT2D eigenvalue weighted by molar-refractivity contribution is -0.122. The molecule has 2 amide bonds. The summed E-state index contributed by atoms with van der Waals surface area (Å²) in [6.45, 7) is 2.93. The number of carbonyl (C=O) groups excluding carboxylic acids is 2. The van der Waals surface area contributed by atoms with Crippen LogP contribution in [0.25, 0.3) is 0 Å². The van der Waals surface area contributed by atoms with Gasteiger partial charge in [0, 0.05) is 25.6 Å². The Balaban J connectivity index is 1.94. The van der Waals surface area contributed by atoms with E-state index in [1.54, 1.807) is 4.90 Å². The van der Waals surface area contributed by atoms with Crippen molar-refractivity contribution in [3.63, 3.8) is 0 Å². The van der Waals surface area contributed by atoms with Gasteiger partial charge in [-0.2, -0.15) is 0 Å². The van der Waals surface area contributed by atoms with E-state index in [9.17, 15) is 14.0 Å². The predicted molar refractivity (Wildman–Crippen MR) is 83.4 cm³/mol. The molecule has 1 fully saturated rings. The summed E-state index contributed by atoms with van der Waals surface area (Å²) in [5.74, 6) is -0.943. The normalized spacial score (nSPS) is 15.7. The summed E-state index contributed by atoms with van der Waals surface area (Å²) in [5.41, 5.74) is -0.0716. The van der Waals surface area contributed by atoms with Gasteiger partial charge in [-0.3, -0.25) is 9.59 Å². The monoisotopic (exact) mass is 326 g/mol. The number of nitrogens with zero attached hydrogens (tertiary/aromatic N) is 1. The van der Waals surface area contributed by atoms with Gasteiger partial charge in [-0.15, -0.1) is 0 Å². The molecule has 1 aromatic carbocycles. The van der Waals surface area contributed by atoms with E-state index in [2.05, 4.69) is 5.32 Å². The second-order valence-corrected chi connectivity index (χ2v) is 5.89. The fraction of sp³-hybridized carbons (Fsp3) is 0.500. The van der Waals surface area contributed by atoms with Crippen molar-refractivity contribution < 1.29 is 14.0 Å². The van der Waals surface area contributed by atoms with Gasteiger partial charge in [0.1, 0.15) is 5.82 Å². The molecule has 4 nitrogen and oxygen atoms in total. The Morgan fingerprint density at radius 1 is 1.36 bits per heavy atom. The van der Waals surface area contributed by atoms with Crippen molar-refractivity contribution in [2.75, 3.05) is 13.1 Å². The van der Waals surface area contributed by atoms with E-state index in [0.717, 1.165) is 6.42 Å². The zero-order valence-electron chi connectivity index (χ0n) is 12.6. The lowest BCUT2D eigenvalue weighted by Crippen LogP contribution is -2.46. The molecule has 0 unspecified atom stereocenters. The third kappa shape index (κ3) is 3.97. The Hall–Kier alpha value is -1.62. The highest BCUT2D eigenvalue weighted by Crippen LogP contribution is 2.22. The number of hydrogen-bond donors (Lipinski definition) is 1. The van der Waals surface area contributed by atoms with Crippen LogP contribution in [-0.4, -0.2) is 35.8 Å². The van der Waals surface area contributed by atoms with Gasteiger partial charge in [0.2, 0.25) is 5.91 Å². The van der Waals surface area contributed by atoms with Crippen LogP contribution < -0.4 is 5.32 Å². The Bertz CT molecular complexity index is 537. The van der Waals surface area contributed by atoms with Gasteiger partial charge in [0.25, 0.3) is 5.91 Å². The van der Waals surface area contributed by atoms with Gasteiger partial charge in [-0.1, -0.05) is 24.6 Å². The number of likely N-dealkylation sites (tertiary alicyclic amines) is 1. The standard InChI is InChI=1S/C16H20ClFN2O2/c1-2-4-14(21)19-11-7-9-20(10-8-11)16(22)15-12(17)5-3-6-13(15)18/h3,5-6,11H,2,4,7-10H2,1H3,(H,19,21). The van der Waals surface area contributed by atoms with Crippen LogP contribution in [-0.2, 0) is 4.79 Å². The van der Waals surface area contributed by atoms with Crippen LogP contribution in [0.1, 0.15) is 43.0 Å². The minimum Gasteiger partial charge on any atom is -0.353 e. The summed E-state index contributed by atoms with van der Waals surface area (Å²) < 4.78 is 13.8. The Morgan fingerprint density at radius 2 is 2.05 bits per heavy atom. The number of carbonyl (C=O) groups is 2. The van der Waals surface area contributed by atoms with Gasteiger partial charge in [0.05, 0.1) is 10.6 Å². The summed E-state index contributed by atoms with van der Waals surface area (Å²) in [5, 5.41) is 3.09. The Kier molecular flexibility index (Phi) is 5.77. The molecule has 1 N–H and O–H groups in total. The lowest BCUT2D eigenvalue weighted by atomic mass is 10.0. The molecular formula is C16H20ClFN2O2. The molecule has 22 heavy (non-hydrogen) atoms. The molecule has 0 radical (unpaired) electrons. The highest BCUT2D eigenvalue weighted by atomic mass is 35.5. The lowest BCUT2D eigenvalue weighted by Gasteiger charge is -2.32. The van der Waals surface area contributed by atoms with Gasteiger partial charge >= 0.3 is 0 Å². The summed E-state index contributed by atoms with van der Waals surface area (Å²) in [6.07, 6.45) is 2.68. The molecule has 0 aromatic heterocycles. The fourth-order valence-electron chi connectivity index (χ4n) is 2.61. The number of halogens is 2. The van der Waals surface area contributed by atoms with Crippen LogP contribution in [0.3, 0.4) is 0 Å². The van der Waals surface area contributed by atoms with Crippen LogP contribution in [0.15, 0.2) is 18.2 Å². The van der Waals surface area contributed by atoms with E-state index in [1.165, 1.54) is 18.2 Å². The maximum absolute atomic E-state index is 13.8. The topological polar surface area (TPSA) is 49.4 Å². The van der Waals surface area contributed by atoms with E-state index in [0.29, 0.717) is 32.4 Å². The third-order valence-corrected chi connectivity index (χ3v) is 4.12. The first-order chi connectivity index (χ1) is 10.5. The first-order valence-corrected chi connectivity index (χ1v) is 7.93. The van der Waals surface area contributed by atoms with E-state index in [-0.39, 0.29) is 28.4 Å². The second-order valence-electron chi connectivity index (χ2n) is 5.48. The third-order valence-electron chi connectivity index (χ3n) is 3.80. The molecule has 1 aromatic rings. The molecular weight excluding hydrogens is 307 g/mol. The fourth-order valence-corrected chi connectivity index (χ4v) is 2.86. The molecule has 6 heteroatoms. The highest BCUT2D eigenvalue weighted by molar-refractivity contribution is 6.33. The SMILES string of the molecule is CCCC(=O)NC1CCN(C(=O)c2c(F)cccc2Cl)CC1. The maximum Gasteiger partial charge on any atom is 0.258 e. The molecule has 1 aliphatic heterocycles. The Morgan fingerprint density at radius 3 is 2.64 bits per heavy atom. The van der Waals surface area contributed by atoms with Gasteiger partial charge in [-0.05, 0) is 31.4 Å². The Labute approximate surface area is 134 Å². The van der Waals surface area contributed by atoms with Crippen LogP contribution in [0.4, 0.5) is 4.39 Å². The number of hydrogen-bond acceptors (Lipinski definition) is 2. The van der Waals surface area contributed by atoms with Gasteiger partial charge in [-0.25, -0.2) is 4.39 Å². The van der Waals surface area contributed by atoms with Crippen LogP contribution in [0, 0.1) is 5.82 Å².